The number of fused-ring (bicyclic) bond motifs is 3. The van der Waals surface area contributed by atoms with Gasteiger partial charge in [0.25, 0.3) is 5.69 Å². The molecule has 0 bridgehead atoms. The van der Waals surface area contributed by atoms with E-state index < -0.39 is 0 Å². The van der Waals surface area contributed by atoms with Crippen molar-refractivity contribution >= 4 is 11.4 Å². The van der Waals surface area contributed by atoms with Crippen molar-refractivity contribution in [1.29, 1.82) is 0 Å². The van der Waals surface area contributed by atoms with Crippen molar-refractivity contribution in [3.63, 3.8) is 0 Å². The molecule has 2 aliphatic rings. The van der Waals surface area contributed by atoms with Gasteiger partial charge in [-0.1, -0.05) is 42.5 Å². The summed E-state index contributed by atoms with van der Waals surface area (Å²) in [5.74, 6) is 0.644. The molecular formula is C20H20N2O2. The summed E-state index contributed by atoms with van der Waals surface area (Å²) in [4.78, 5) is 11.4. The van der Waals surface area contributed by atoms with Gasteiger partial charge in [-0.25, -0.2) is 0 Å². The Bertz CT molecular complexity index is 842. The summed E-state index contributed by atoms with van der Waals surface area (Å²) in [5.41, 5.74) is 5.33. The van der Waals surface area contributed by atoms with Gasteiger partial charge < -0.3 is 5.32 Å². The average molecular weight is 320 g/mol. The molecule has 4 nitrogen and oxygen atoms in total. The third-order valence-corrected chi connectivity index (χ3v) is 5.50. The first-order valence-corrected chi connectivity index (χ1v) is 8.34. The van der Waals surface area contributed by atoms with E-state index in [1.807, 2.05) is 25.1 Å². The van der Waals surface area contributed by atoms with E-state index in [4.69, 9.17) is 0 Å². The number of nitro groups is 1. The molecule has 0 amide bonds. The maximum atomic E-state index is 11.6. The lowest BCUT2D eigenvalue weighted by atomic mass is 9.74. The number of hydrogen-bond donors (Lipinski definition) is 1. The van der Waals surface area contributed by atoms with E-state index in [2.05, 4.69) is 36.5 Å². The van der Waals surface area contributed by atoms with Crippen molar-refractivity contribution in [1.82, 2.24) is 0 Å². The summed E-state index contributed by atoms with van der Waals surface area (Å²) >= 11 is 0. The molecule has 1 aliphatic heterocycles. The summed E-state index contributed by atoms with van der Waals surface area (Å²) in [6, 6.07) is 12.1. The minimum atomic E-state index is -0.265. The molecule has 0 spiro atoms. The zero-order valence-corrected chi connectivity index (χ0v) is 13.8. The zero-order chi connectivity index (χ0) is 16.8. The number of nitrogens with one attached hydrogen (secondary N) is 1. The first kappa shape index (κ1) is 14.9. The SMILES string of the molecule is Cc1cc([N+](=O)[O-])c2c(c1C)[C@H]1C=CC[C@@H]1[C@H](c1ccccc1)N2. The lowest BCUT2D eigenvalue weighted by Crippen LogP contribution is -2.30. The largest absolute Gasteiger partial charge is 0.372 e. The van der Waals surface area contributed by atoms with E-state index >= 15 is 0 Å². The number of benzene rings is 2. The number of allylic oxidation sites excluding steroid dienone is 2. The Morgan fingerprint density at radius 1 is 1.21 bits per heavy atom. The van der Waals surface area contributed by atoms with E-state index in [1.165, 1.54) is 5.56 Å². The smallest absolute Gasteiger partial charge is 0.292 e. The summed E-state index contributed by atoms with van der Waals surface area (Å²) in [7, 11) is 0. The van der Waals surface area contributed by atoms with Crippen LogP contribution in [0, 0.1) is 29.9 Å². The number of nitro benzene ring substituents is 1. The highest BCUT2D eigenvalue weighted by Gasteiger charge is 2.41. The Morgan fingerprint density at radius 2 is 1.96 bits per heavy atom. The molecule has 1 aliphatic carbocycles. The Kier molecular flexibility index (Phi) is 3.41. The van der Waals surface area contributed by atoms with Crippen LogP contribution in [0.3, 0.4) is 0 Å². The number of aryl methyl sites for hydroxylation is 1. The second kappa shape index (κ2) is 5.48. The Hall–Kier alpha value is -2.62. The summed E-state index contributed by atoms with van der Waals surface area (Å²) in [5, 5.41) is 15.1. The molecular weight excluding hydrogens is 300 g/mol. The van der Waals surface area contributed by atoms with Crippen LogP contribution in [0.2, 0.25) is 0 Å². The summed E-state index contributed by atoms with van der Waals surface area (Å²) < 4.78 is 0. The maximum absolute atomic E-state index is 11.6. The molecule has 24 heavy (non-hydrogen) atoms. The third-order valence-electron chi connectivity index (χ3n) is 5.50. The van der Waals surface area contributed by atoms with Gasteiger partial charge >= 0.3 is 0 Å². The predicted octanol–water partition coefficient (Wildman–Crippen LogP) is 5.04. The van der Waals surface area contributed by atoms with Crippen molar-refractivity contribution in [2.24, 2.45) is 5.92 Å². The van der Waals surface area contributed by atoms with Crippen LogP contribution in [0.5, 0.6) is 0 Å². The maximum Gasteiger partial charge on any atom is 0.292 e. The summed E-state index contributed by atoms with van der Waals surface area (Å²) in [6.07, 6.45) is 5.45. The van der Waals surface area contributed by atoms with Gasteiger partial charge in [0, 0.05) is 12.0 Å². The van der Waals surface area contributed by atoms with Crippen LogP contribution >= 0.6 is 0 Å². The lowest BCUT2D eigenvalue weighted by molar-refractivity contribution is -0.384. The highest BCUT2D eigenvalue weighted by molar-refractivity contribution is 5.74. The van der Waals surface area contributed by atoms with Crippen LogP contribution in [0.1, 0.15) is 40.6 Å². The van der Waals surface area contributed by atoms with Gasteiger partial charge in [0.15, 0.2) is 0 Å². The number of rotatable bonds is 2. The molecule has 0 radical (unpaired) electrons. The van der Waals surface area contributed by atoms with Crippen LogP contribution in [0.25, 0.3) is 0 Å². The van der Waals surface area contributed by atoms with Crippen molar-refractivity contribution in [3.05, 3.63) is 80.9 Å². The van der Waals surface area contributed by atoms with E-state index in [-0.39, 0.29) is 22.6 Å². The molecule has 1 heterocycles. The predicted molar refractivity (Wildman–Crippen MR) is 95.4 cm³/mol. The molecule has 0 aromatic heterocycles. The monoisotopic (exact) mass is 320 g/mol. The Morgan fingerprint density at radius 3 is 2.67 bits per heavy atom. The highest BCUT2D eigenvalue weighted by Crippen LogP contribution is 2.53. The second-order valence-electron chi connectivity index (χ2n) is 6.77. The van der Waals surface area contributed by atoms with Gasteiger partial charge in [-0.05, 0) is 48.4 Å². The quantitative estimate of drug-likeness (QED) is 0.479. The molecule has 122 valence electrons. The van der Waals surface area contributed by atoms with Gasteiger partial charge in [0.1, 0.15) is 5.69 Å². The number of anilines is 1. The van der Waals surface area contributed by atoms with Gasteiger partial charge in [0.2, 0.25) is 0 Å². The molecule has 2 aromatic rings. The molecule has 3 atom stereocenters. The third kappa shape index (κ3) is 2.13. The van der Waals surface area contributed by atoms with E-state index in [9.17, 15) is 10.1 Å². The highest BCUT2D eigenvalue weighted by atomic mass is 16.6. The van der Waals surface area contributed by atoms with Crippen LogP contribution < -0.4 is 5.32 Å². The number of hydrogen-bond acceptors (Lipinski definition) is 3. The van der Waals surface area contributed by atoms with Crippen LogP contribution in [-0.4, -0.2) is 4.92 Å². The van der Waals surface area contributed by atoms with Crippen LogP contribution in [-0.2, 0) is 0 Å². The molecule has 4 heteroatoms. The molecule has 0 unspecified atom stereocenters. The molecule has 1 N–H and O–H groups in total. The van der Waals surface area contributed by atoms with Crippen molar-refractivity contribution in [2.45, 2.75) is 32.2 Å². The molecule has 0 fully saturated rings. The van der Waals surface area contributed by atoms with Gasteiger partial charge in [0.05, 0.1) is 11.0 Å². The minimum absolute atomic E-state index is 0.0968. The van der Waals surface area contributed by atoms with E-state index in [1.54, 1.807) is 6.07 Å². The standard InChI is InChI=1S/C20H20N2O2/c1-12-11-17(22(23)24)20-18(13(12)2)15-9-6-10-16(15)19(21-20)14-7-4-3-5-8-14/h3-9,11,15-16,19,21H,10H2,1-2H3/t15-,16-,19-/m0/s1. The molecule has 2 aromatic carbocycles. The minimum Gasteiger partial charge on any atom is -0.372 e. The second-order valence-corrected chi connectivity index (χ2v) is 6.77. The van der Waals surface area contributed by atoms with Crippen molar-refractivity contribution in [2.75, 3.05) is 5.32 Å². The van der Waals surface area contributed by atoms with E-state index in [0.29, 0.717) is 11.6 Å². The fourth-order valence-corrected chi connectivity index (χ4v) is 4.21. The first-order chi connectivity index (χ1) is 11.6. The van der Waals surface area contributed by atoms with Crippen molar-refractivity contribution < 1.29 is 4.92 Å². The molecule has 0 saturated heterocycles. The fraction of sp³-hybridized carbons (Fsp3) is 0.300. The van der Waals surface area contributed by atoms with Crippen molar-refractivity contribution in [3.8, 4) is 0 Å². The average Bonchev–Trinajstić information content (AvgIpc) is 3.07. The first-order valence-electron chi connectivity index (χ1n) is 8.34. The van der Waals surface area contributed by atoms with Crippen LogP contribution in [0.4, 0.5) is 11.4 Å². The molecule has 0 saturated carbocycles. The van der Waals surface area contributed by atoms with Gasteiger partial charge in [-0.2, -0.15) is 0 Å². The fourth-order valence-electron chi connectivity index (χ4n) is 4.21. The zero-order valence-electron chi connectivity index (χ0n) is 13.8. The number of nitrogens with zero attached hydrogens (tertiary/aromatic N) is 1. The van der Waals surface area contributed by atoms with Gasteiger partial charge in [-0.3, -0.25) is 10.1 Å². The van der Waals surface area contributed by atoms with Gasteiger partial charge in [-0.15, -0.1) is 0 Å². The van der Waals surface area contributed by atoms with E-state index in [0.717, 1.165) is 23.1 Å². The Balaban J connectivity index is 1.92. The Labute approximate surface area is 141 Å². The summed E-state index contributed by atoms with van der Waals surface area (Å²) in [6.45, 7) is 4.03. The lowest BCUT2D eigenvalue weighted by Gasteiger charge is -2.38. The van der Waals surface area contributed by atoms with Crippen LogP contribution in [0.15, 0.2) is 48.6 Å². The molecule has 4 rings (SSSR count). The topological polar surface area (TPSA) is 55.2 Å². The normalized spacial score (nSPS) is 24.2.